The monoisotopic (exact) mass is 281 g/mol. The summed E-state index contributed by atoms with van der Waals surface area (Å²) in [5.74, 6) is 0. The van der Waals surface area contributed by atoms with E-state index in [1.165, 1.54) is 11.0 Å². The molecule has 0 saturated heterocycles. The van der Waals surface area contributed by atoms with Crippen molar-refractivity contribution in [1.29, 1.82) is 0 Å². The molecule has 0 aliphatic carbocycles. The fraction of sp³-hybridized carbons (Fsp3) is 0.278. The average Bonchev–Trinajstić information content (AvgIpc) is 2.93. The molecule has 0 saturated carbocycles. The summed E-state index contributed by atoms with van der Waals surface area (Å²) in [6, 6.07) is 12.1. The van der Waals surface area contributed by atoms with Crippen molar-refractivity contribution in [1.82, 2.24) is 14.8 Å². The van der Waals surface area contributed by atoms with Crippen LogP contribution in [0.3, 0.4) is 0 Å². The van der Waals surface area contributed by atoms with E-state index in [1.54, 1.807) is 0 Å². The highest BCUT2D eigenvalue weighted by Gasteiger charge is 2.07. The lowest BCUT2D eigenvalue weighted by Crippen LogP contribution is -2.23. The third-order valence-electron chi connectivity index (χ3n) is 3.39. The van der Waals surface area contributed by atoms with E-state index in [9.17, 15) is 0 Å². The van der Waals surface area contributed by atoms with Crippen LogP contribution in [0.2, 0.25) is 0 Å². The standard InChI is InChI=1S/C9H16N2.C9H7N/c1-4-9(2)7-11-6-5-10(3)8-11;1-2-6-9-8(4-1)5-3-7-10-9/h4-6H,7-8H2,1-3H3;1-7H. The number of hydrogen-bond acceptors (Lipinski definition) is 3. The average molecular weight is 281 g/mol. The maximum atomic E-state index is 4.18. The van der Waals surface area contributed by atoms with Gasteiger partial charge in [0.2, 0.25) is 0 Å². The van der Waals surface area contributed by atoms with Crippen LogP contribution >= 0.6 is 0 Å². The number of rotatable bonds is 2. The third kappa shape index (κ3) is 4.63. The topological polar surface area (TPSA) is 19.4 Å². The Labute approximate surface area is 127 Å². The Morgan fingerprint density at radius 2 is 1.95 bits per heavy atom. The molecule has 0 bridgehead atoms. The van der Waals surface area contributed by atoms with Gasteiger partial charge in [-0.05, 0) is 26.0 Å². The van der Waals surface area contributed by atoms with E-state index in [4.69, 9.17) is 0 Å². The molecule has 1 aliphatic heterocycles. The molecule has 0 spiro atoms. The van der Waals surface area contributed by atoms with Gasteiger partial charge in [-0.2, -0.15) is 0 Å². The van der Waals surface area contributed by atoms with Gasteiger partial charge in [-0.25, -0.2) is 0 Å². The highest BCUT2D eigenvalue weighted by molar-refractivity contribution is 5.77. The van der Waals surface area contributed by atoms with E-state index in [1.807, 2.05) is 30.5 Å². The number of fused-ring (bicyclic) bond motifs is 1. The van der Waals surface area contributed by atoms with Crippen LogP contribution in [0.25, 0.3) is 10.9 Å². The first-order valence-corrected chi connectivity index (χ1v) is 7.23. The first kappa shape index (κ1) is 15.1. The van der Waals surface area contributed by atoms with Gasteiger partial charge in [0.25, 0.3) is 0 Å². The van der Waals surface area contributed by atoms with Gasteiger partial charge < -0.3 is 9.80 Å². The lowest BCUT2D eigenvalue weighted by Gasteiger charge is -2.17. The van der Waals surface area contributed by atoms with Gasteiger partial charge in [-0.3, -0.25) is 4.98 Å². The van der Waals surface area contributed by atoms with Gasteiger partial charge in [0.15, 0.2) is 0 Å². The van der Waals surface area contributed by atoms with Crippen LogP contribution in [0.5, 0.6) is 0 Å². The Bertz CT molecular complexity index is 566. The molecule has 0 amide bonds. The van der Waals surface area contributed by atoms with Crippen molar-refractivity contribution >= 4 is 10.9 Å². The predicted octanol–water partition coefficient (Wildman–Crippen LogP) is 3.86. The molecular formula is C18H23N3. The zero-order valence-electron chi connectivity index (χ0n) is 13.0. The molecule has 1 aromatic heterocycles. The molecule has 3 heteroatoms. The molecule has 0 atom stereocenters. The van der Waals surface area contributed by atoms with Crippen LogP contribution in [0, 0.1) is 0 Å². The van der Waals surface area contributed by atoms with Crippen molar-refractivity contribution < 1.29 is 0 Å². The van der Waals surface area contributed by atoms with Crippen LogP contribution < -0.4 is 0 Å². The Morgan fingerprint density at radius 1 is 1.19 bits per heavy atom. The number of nitrogens with zero attached hydrogens (tertiary/aromatic N) is 3. The van der Waals surface area contributed by atoms with Crippen molar-refractivity contribution in [3.05, 3.63) is 66.6 Å². The van der Waals surface area contributed by atoms with Gasteiger partial charge in [-0.1, -0.05) is 35.9 Å². The summed E-state index contributed by atoms with van der Waals surface area (Å²) >= 11 is 0. The first-order chi connectivity index (χ1) is 10.2. The lowest BCUT2D eigenvalue weighted by atomic mass is 10.2. The largest absolute Gasteiger partial charge is 0.362 e. The summed E-state index contributed by atoms with van der Waals surface area (Å²) in [6.45, 7) is 6.31. The Morgan fingerprint density at radius 3 is 2.62 bits per heavy atom. The number of benzene rings is 1. The normalized spacial score (nSPS) is 14.3. The Hall–Kier alpha value is -2.29. The minimum atomic E-state index is 1.02. The van der Waals surface area contributed by atoms with E-state index < -0.39 is 0 Å². The second-order valence-corrected chi connectivity index (χ2v) is 5.27. The second-order valence-electron chi connectivity index (χ2n) is 5.27. The van der Waals surface area contributed by atoms with Crippen molar-refractivity contribution in [3.8, 4) is 0 Å². The highest BCUT2D eigenvalue weighted by atomic mass is 15.3. The molecule has 1 aliphatic rings. The van der Waals surface area contributed by atoms with Gasteiger partial charge in [0, 0.05) is 37.6 Å². The first-order valence-electron chi connectivity index (χ1n) is 7.23. The second kappa shape index (κ2) is 7.48. The molecule has 110 valence electrons. The van der Waals surface area contributed by atoms with E-state index in [0.717, 1.165) is 18.7 Å². The van der Waals surface area contributed by atoms with Crippen molar-refractivity contribution in [2.75, 3.05) is 20.3 Å². The minimum absolute atomic E-state index is 1.02. The summed E-state index contributed by atoms with van der Waals surface area (Å²) in [5, 5.41) is 1.20. The van der Waals surface area contributed by atoms with Gasteiger partial charge in [0.05, 0.1) is 12.2 Å². The number of pyridine rings is 1. The fourth-order valence-corrected chi connectivity index (χ4v) is 2.12. The quantitative estimate of drug-likeness (QED) is 0.779. The smallest absolute Gasteiger partial charge is 0.0894 e. The van der Waals surface area contributed by atoms with Crippen molar-refractivity contribution in [2.45, 2.75) is 13.8 Å². The number of hydrogen-bond donors (Lipinski definition) is 0. The van der Waals surface area contributed by atoms with Crippen molar-refractivity contribution in [3.63, 3.8) is 0 Å². The van der Waals surface area contributed by atoms with E-state index in [2.05, 4.69) is 66.3 Å². The number of para-hydroxylation sites is 1. The molecular weight excluding hydrogens is 258 g/mol. The molecule has 3 rings (SSSR count). The summed E-state index contributed by atoms with van der Waals surface area (Å²) in [4.78, 5) is 8.64. The molecule has 1 aromatic carbocycles. The molecule has 2 heterocycles. The number of allylic oxidation sites excluding steroid dienone is 1. The van der Waals surface area contributed by atoms with Gasteiger partial charge >= 0.3 is 0 Å². The summed E-state index contributed by atoms with van der Waals surface area (Å²) < 4.78 is 0. The van der Waals surface area contributed by atoms with Crippen LogP contribution in [0.15, 0.2) is 66.6 Å². The maximum absolute atomic E-state index is 4.18. The minimum Gasteiger partial charge on any atom is -0.362 e. The summed E-state index contributed by atoms with van der Waals surface area (Å²) in [7, 11) is 2.08. The van der Waals surface area contributed by atoms with Crippen LogP contribution in [-0.2, 0) is 0 Å². The van der Waals surface area contributed by atoms with Crippen LogP contribution in [0.1, 0.15) is 13.8 Å². The molecule has 0 N–H and O–H groups in total. The van der Waals surface area contributed by atoms with Crippen LogP contribution in [-0.4, -0.2) is 35.0 Å². The predicted molar refractivity (Wildman–Crippen MR) is 89.7 cm³/mol. The van der Waals surface area contributed by atoms with E-state index in [0.29, 0.717) is 0 Å². The zero-order valence-corrected chi connectivity index (χ0v) is 13.0. The van der Waals surface area contributed by atoms with Crippen LogP contribution in [0.4, 0.5) is 0 Å². The third-order valence-corrected chi connectivity index (χ3v) is 3.39. The summed E-state index contributed by atoms with van der Waals surface area (Å²) in [5.41, 5.74) is 2.48. The van der Waals surface area contributed by atoms with E-state index >= 15 is 0 Å². The number of aromatic nitrogens is 1. The maximum Gasteiger partial charge on any atom is 0.0894 e. The summed E-state index contributed by atoms with van der Waals surface area (Å²) in [6.07, 6.45) is 8.20. The molecule has 0 fully saturated rings. The molecule has 3 nitrogen and oxygen atoms in total. The van der Waals surface area contributed by atoms with Gasteiger partial charge in [0.1, 0.15) is 0 Å². The van der Waals surface area contributed by atoms with E-state index in [-0.39, 0.29) is 0 Å². The highest BCUT2D eigenvalue weighted by Crippen LogP contribution is 2.08. The fourth-order valence-electron chi connectivity index (χ4n) is 2.12. The van der Waals surface area contributed by atoms with Crippen molar-refractivity contribution in [2.24, 2.45) is 0 Å². The Kier molecular flexibility index (Phi) is 5.38. The Balaban J connectivity index is 0.000000154. The molecule has 0 radical (unpaired) electrons. The SMILES string of the molecule is CC=C(C)CN1C=CN(C)C1.c1ccc2ncccc2c1. The lowest BCUT2D eigenvalue weighted by molar-refractivity contribution is 0.313. The van der Waals surface area contributed by atoms with Gasteiger partial charge in [-0.15, -0.1) is 0 Å². The molecule has 2 aromatic rings. The molecule has 0 unspecified atom stereocenters. The molecule has 21 heavy (non-hydrogen) atoms. The zero-order chi connectivity index (χ0) is 15.1.